The highest BCUT2D eigenvalue weighted by Crippen LogP contribution is 2.38. The van der Waals surface area contributed by atoms with Gasteiger partial charge in [-0.2, -0.15) is 4.72 Å². The predicted molar refractivity (Wildman–Crippen MR) is 144 cm³/mol. The van der Waals surface area contributed by atoms with Crippen LogP contribution in [0.3, 0.4) is 0 Å². The van der Waals surface area contributed by atoms with Gasteiger partial charge in [0.15, 0.2) is 11.4 Å². The molecule has 2 amide bonds. The van der Waals surface area contributed by atoms with Gasteiger partial charge in [-0.1, -0.05) is 35.9 Å². The van der Waals surface area contributed by atoms with Gasteiger partial charge < -0.3 is 26.2 Å². The number of aromatic hydroxyl groups is 1. The molecule has 0 saturated heterocycles. The topological polar surface area (TPSA) is 157 Å². The standard InChI is InChI=1S/C22H19Br2ClN4O6S/c1-22(20(31)32,28-16-9-5-3-7-13(16)24)29-36(34,35)19-14(25)10-11-17(18(19)30)27-21(33)26-15-8-4-2-6-12(15)23/h2-11,28-30H,1H3,(H,31,32)(H2,26,27,33). The molecule has 36 heavy (non-hydrogen) atoms. The first-order chi connectivity index (χ1) is 16.8. The van der Waals surface area contributed by atoms with Crippen molar-refractivity contribution >= 4 is 82.5 Å². The molecule has 3 aromatic rings. The molecule has 0 aliphatic carbocycles. The largest absolute Gasteiger partial charge is 0.504 e. The summed E-state index contributed by atoms with van der Waals surface area (Å²) in [4.78, 5) is 23.7. The Bertz CT molecular complexity index is 1440. The van der Waals surface area contributed by atoms with E-state index in [4.69, 9.17) is 11.6 Å². The van der Waals surface area contributed by atoms with Crippen LogP contribution in [0.1, 0.15) is 6.92 Å². The molecule has 0 aromatic heterocycles. The number of carbonyl (C=O) groups is 2. The van der Waals surface area contributed by atoms with Crippen LogP contribution in [0.25, 0.3) is 0 Å². The molecule has 1 unspecified atom stereocenters. The van der Waals surface area contributed by atoms with Gasteiger partial charge in [-0.15, -0.1) is 0 Å². The van der Waals surface area contributed by atoms with Crippen LogP contribution in [0.15, 0.2) is 74.5 Å². The fraction of sp³-hybridized carbons (Fsp3) is 0.0909. The molecule has 0 saturated carbocycles. The number of aliphatic carboxylic acids is 1. The summed E-state index contributed by atoms with van der Waals surface area (Å²) in [7, 11) is -4.75. The summed E-state index contributed by atoms with van der Waals surface area (Å²) in [5.41, 5.74) is -1.81. The van der Waals surface area contributed by atoms with E-state index in [1.54, 1.807) is 42.5 Å². The molecule has 14 heteroatoms. The average molecular weight is 663 g/mol. The molecule has 0 radical (unpaired) electrons. The molecular formula is C22H19Br2ClN4O6S. The van der Waals surface area contributed by atoms with Crippen molar-refractivity contribution < 1.29 is 28.2 Å². The number of hydrogen-bond donors (Lipinski definition) is 6. The first-order valence-corrected chi connectivity index (χ1v) is 13.4. The summed E-state index contributed by atoms with van der Waals surface area (Å²) in [6.45, 7) is 1.09. The molecule has 190 valence electrons. The molecule has 0 spiro atoms. The summed E-state index contributed by atoms with van der Waals surface area (Å²) in [6, 6.07) is 14.8. The van der Waals surface area contributed by atoms with Crippen molar-refractivity contribution in [2.75, 3.05) is 16.0 Å². The van der Waals surface area contributed by atoms with Crippen LogP contribution in [0.4, 0.5) is 21.9 Å². The number of benzene rings is 3. The summed E-state index contributed by atoms with van der Waals surface area (Å²) >= 11 is 12.6. The van der Waals surface area contributed by atoms with Gasteiger partial charge in [-0.3, -0.25) is 0 Å². The highest BCUT2D eigenvalue weighted by atomic mass is 79.9. The Balaban J connectivity index is 1.92. The molecule has 0 heterocycles. The van der Waals surface area contributed by atoms with E-state index in [1.807, 2.05) is 4.72 Å². The van der Waals surface area contributed by atoms with Crippen molar-refractivity contribution in [3.05, 3.63) is 74.6 Å². The molecule has 0 aliphatic rings. The van der Waals surface area contributed by atoms with Crippen LogP contribution in [0.5, 0.6) is 5.75 Å². The van der Waals surface area contributed by atoms with Crippen LogP contribution in [-0.4, -0.2) is 36.3 Å². The number of hydrogen-bond acceptors (Lipinski definition) is 6. The minimum absolute atomic E-state index is 0.278. The van der Waals surface area contributed by atoms with Crippen LogP contribution >= 0.6 is 43.5 Å². The second kappa shape index (κ2) is 11.0. The Kier molecular flexibility index (Phi) is 8.52. The SMILES string of the molecule is CC(Nc1ccccc1Br)(NS(=O)(=O)c1c(Cl)ccc(NC(=O)Nc2ccccc2Br)c1O)C(=O)O. The molecule has 0 fully saturated rings. The number of urea groups is 1. The van der Waals surface area contributed by atoms with E-state index < -0.39 is 43.4 Å². The molecule has 3 aromatic carbocycles. The van der Waals surface area contributed by atoms with Gasteiger partial charge in [0.2, 0.25) is 10.0 Å². The number of carboxylic acids is 1. The molecule has 10 nitrogen and oxygen atoms in total. The first kappa shape index (κ1) is 27.7. The fourth-order valence-electron chi connectivity index (χ4n) is 3.02. The van der Waals surface area contributed by atoms with E-state index in [0.29, 0.717) is 20.3 Å². The maximum absolute atomic E-state index is 13.2. The Morgan fingerprint density at radius 2 is 1.42 bits per heavy atom. The number of para-hydroxylation sites is 2. The van der Waals surface area contributed by atoms with Crippen LogP contribution in [0.2, 0.25) is 5.02 Å². The molecule has 1 atom stereocenters. The minimum atomic E-state index is -4.75. The van der Waals surface area contributed by atoms with E-state index in [0.717, 1.165) is 13.0 Å². The lowest BCUT2D eigenvalue weighted by Gasteiger charge is -2.29. The lowest BCUT2D eigenvalue weighted by Crippen LogP contribution is -2.57. The zero-order valence-corrected chi connectivity index (χ0v) is 23.1. The predicted octanol–water partition coefficient (Wildman–Crippen LogP) is 5.41. The molecule has 3 rings (SSSR count). The molecular weight excluding hydrogens is 644 g/mol. The third-order valence-corrected chi connectivity index (χ3v) is 8.18. The van der Waals surface area contributed by atoms with Crippen molar-refractivity contribution in [1.82, 2.24) is 4.72 Å². The lowest BCUT2D eigenvalue weighted by atomic mass is 10.2. The maximum Gasteiger partial charge on any atom is 0.345 e. The number of halogens is 3. The number of nitrogens with one attached hydrogen (secondary N) is 4. The number of amides is 2. The highest BCUT2D eigenvalue weighted by molar-refractivity contribution is 9.11. The highest BCUT2D eigenvalue weighted by Gasteiger charge is 2.40. The van der Waals surface area contributed by atoms with Crippen molar-refractivity contribution in [2.45, 2.75) is 17.5 Å². The van der Waals surface area contributed by atoms with E-state index in [1.165, 1.54) is 12.1 Å². The van der Waals surface area contributed by atoms with Crippen molar-refractivity contribution in [1.29, 1.82) is 0 Å². The number of phenolic OH excluding ortho intramolecular Hbond substituents is 1. The Morgan fingerprint density at radius 1 is 0.889 bits per heavy atom. The number of rotatable bonds is 8. The Hall–Kier alpha value is -2.84. The average Bonchev–Trinajstić information content (AvgIpc) is 2.78. The molecule has 0 aliphatic heterocycles. The quantitative estimate of drug-likeness (QED) is 0.139. The van der Waals surface area contributed by atoms with Gasteiger partial charge in [0, 0.05) is 8.95 Å². The zero-order chi connectivity index (χ0) is 26.7. The normalized spacial score (nSPS) is 12.9. The van der Waals surface area contributed by atoms with Crippen LogP contribution in [0, 0.1) is 0 Å². The number of anilines is 3. The van der Waals surface area contributed by atoms with Gasteiger partial charge in [-0.25, -0.2) is 18.0 Å². The van der Waals surface area contributed by atoms with E-state index in [9.17, 15) is 28.2 Å². The molecule has 6 N–H and O–H groups in total. The Morgan fingerprint density at radius 3 is 1.97 bits per heavy atom. The van der Waals surface area contributed by atoms with Gasteiger partial charge in [0.25, 0.3) is 0 Å². The molecule has 0 bridgehead atoms. The van der Waals surface area contributed by atoms with Crippen LogP contribution in [-0.2, 0) is 14.8 Å². The monoisotopic (exact) mass is 660 g/mol. The van der Waals surface area contributed by atoms with E-state index in [2.05, 4.69) is 47.8 Å². The summed E-state index contributed by atoms with van der Waals surface area (Å²) in [6.07, 6.45) is 0. The summed E-state index contributed by atoms with van der Waals surface area (Å²) in [5, 5.41) is 27.6. The second-order valence-electron chi connectivity index (χ2n) is 7.47. The van der Waals surface area contributed by atoms with Crippen molar-refractivity contribution in [3.8, 4) is 5.75 Å². The number of phenols is 1. The first-order valence-electron chi connectivity index (χ1n) is 9.98. The third-order valence-electron chi connectivity index (χ3n) is 4.75. The Labute approximate surface area is 228 Å². The van der Waals surface area contributed by atoms with E-state index in [-0.39, 0.29) is 5.69 Å². The second-order valence-corrected chi connectivity index (χ2v) is 11.2. The van der Waals surface area contributed by atoms with Gasteiger partial charge in [-0.05, 0) is 75.2 Å². The minimum Gasteiger partial charge on any atom is -0.504 e. The number of carboxylic acid groups (broad SMARTS) is 1. The summed E-state index contributed by atoms with van der Waals surface area (Å²) < 4.78 is 29.6. The lowest BCUT2D eigenvalue weighted by molar-refractivity contribution is -0.142. The third kappa shape index (κ3) is 6.28. The number of carbonyl (C=O) groups excluding carboxylic acids is 1. The van der Waals surface area contributed by atoms with E-state index >= 15 is 0 Å². The number of sulfonamides is 1. The maximum atomic E-state index is 13.2. The van der Waals surface area contributed by atoms with Crippen molar-refractivity contribution in [3.63, 3.8) is 0 Å². The van der Waals surface area contributed by atoms with Crippen molar-refractivity contribution in [2.24, 2.45) is 0 Å². The van der Waals surface area contributed by atoms with Gasteiger partial charge in [0.05, 0.1) is 22.1 Å². The van der Waals surface area contributed by atoms with Gasteiger partial charge in [0.1, 0.15) is 4.90 Å². The summed E-state index contributed by atoms with van der Waals surface area (Å²) in [5.74, 6) is -2.44. The zero-order valence-electron chi connectivity index (χ0n) is 18.3. The smallest absolute Gasteiger partial charge is 0.345 e. The fourth-order valence-corrected chi connectivity index (χ4v) is 5.71. The van der Waals surface area contributed by atoms with Gasteiger partial charge >= 0.3 is 12.0 Å². The van der Waals surface area contributed by atoms with Crippen LogP contribution < -0.4 is 20.7 Å².